The lowest BCUT2D eigenvalue weighted by Crippen LogP contribution is -2.45. The first-order chi connectivity index (χ1) is 8.10. The van der Waals surface area contributed by atoms with Gasteiger partial charge in [0.15, 0.2) is 0 Å². The number of benzene rings is 1. The second-order valence-corrected chi connectivity index (χ2v) is 4.55. The molecule has 0 radical (unpaired) electrons. The molecule has 17 heavy (non-hydrogen) atoms. The van der Waals surface area contributed by atoms with Crippen LogP contribution in [0.15, 0.2) is 24.3 Å². The third-order valence-electron chi connectivity index (χ3n) is 3.47. The lowest BCUT2D eigenvalue weighted by atomic mass is 10.1. The van der Waals surface area contributed by atoms with Crippen molar-refractivity contribution in [3.8, 4) is 0 Å². The van der Waals surface area contributed by atoms with Gasteiger partial charge in [-0.1, -0.05) is 25.1 Å². The Morgan fingerprint density at radius 1 is 1.35 bits per heavy atom. The lowest BCUT2D eigenvalue weighted by Gasteiger charge is -2.31. The van der Waals surface area contributed by atoms with Crippen molar-refractivity contribution >= 4 is 0 Å². The van der Waals surface area contributed by atoms with Crippen LogP contribution in [-0.2, 0) is 6.54 Å². The summed E-state index contributed by atoms with van der Waals surface area (Å²) in [6.45, 7) is 4.98. The van der Waals surface area contributed by atoms with E-state index in [-0.39, 0.29) is 5.82 Å². The number of rotatable bonds is 6. The molecule has 0 amide bonds. The molecular formula is C14H23FN2. The van der Waals surface area contributed by atoms with E-state index in [4.69, 9.17) is 0 Å². The maximum Gasteiger partial charge on any atom is 0.127 e. The van der Waals surface area contributed by atoms with Gasteiger partial charge in [-0.3, -0.25) is 4.90 Å². The number of hydrogen-bond acceptors (Lipinski definition) is 2. The topological polar surface area (TPSA) is 15.3 Å². The Balaban J connectivity index is 2.65. The van der Waals surface area contributed by atoms with Gasteiger partial charge in [-0.2, -0.15) is 0 Å². The molecule has 2 nitrogen and oxygen atoms in total. The van der Waals surface area contributed by atoms with Crippen LogP contribution < -0.4 is 5.32 Å². The highest BCUT2D eigenvalue weighted by Crippen LogP contribution is 2.13. The summed E-state index contributed by atoms with van der Waals surface area (Å²) in [4.78, 5) is 2.18. The number of hydrogen-bond donors (Lipinski definition) is 1. The summed E-state index contributed by atoms with van der Waals surface area (Å²) in [5, 5.41) is 3.30. The predicted molar refractivity (Wildman–Crippen MR) is 70.5 cm³/mol. The standard InChI is InChI=1S/C14H23FN2/c1-5-14(16-3)11(2)17(4)10-12-8-6-7-9-13(12)15/h6-9,11,14,16H,5,10H2,1-4H3. The minimum atomic E-state index is -0.121. The molecule has 0 aliphatic rings. The van der Waals surface area contributed by atoms with Crippen LogP contribution in [-0.4, -0.2) is 31.1 Å². The van der Waals surface area contributed by atoms with Crippen molar-refractivity contribution in [2.24, 2.45) is 0 Å². The van der Waals surface area contributed by atoms with E-state index in [9.17, 15) is 4.39 Å². The zero-order valence-corrected chi connectivity index (χ0v) is 11.2. The van der Waals surface area contributed by atoms with Gasteiger partial charge in [0, 0.05) is 24.2 Å². The van der Waals surface area contributed by atoms with Crippen molar-refractivity contribution in [1.82, 2.24) is 10.2 Å². The zero-order chi connectivity index (χ0) is 12.8. The normalized spacial score (nSPS) is 14.9. The molecule has 0 saturated heterocycles. The molecule has 3 heteroatoms. The van der Waals surface area contributed by atoms with Gasteiger partial charge >= 0.3 is 0 Å². The monoisotopic (exact) mass is 238 g/mol. The minimum absolute atomic E-state index is 0.121. The van der Waals surface area contributed by atoms with Crippen molar-refractivity contribution < 1.29 is 4.39 Å². The molecule has 0 heterocycles. The molecule has 1 rings (SSSR count). The van der Waals surface area contributed by atoms with E-state index in [2.05, 4.69) is 24.1 Å². The van der Waals surface area contributed by atoms with E-state index in [0.717, 1.165) is 12.0 Å². The predicted octanol–water partition coefficient (Wildman–Crippen LogP) is 2.64. The van der Waals surface area contributed by atoms with Crippen LogP contribution in [0, 0.1) is 5.82 Å². The molecule has 0 bridgehead atoms. The molecule has 96 valence electrons. The molecule has 1 aromatic rings. The van der Waals surface area contributed by atoms with Crippen molar-refractivity contribution in [1.29, 1.82) is 0 Å². The molecule has 1 aromatic carbocycles. The molecule has 2 unspecified atom stereocenters. The van der Waals surface area contributed by atoms with E-state index in [1.54, 1.807) is 6.07 Å². The van der Waals surface area contributed by atoms with Crippen molar-refractivity contribution in [2.45, 2.75) is 38.9 Å². The molecule has 2 atom stereocenters. The van der Waals surface area contributed by atoms with Gasteiger partial charge in [0.1, 0.15) is 5.82 Å². The van der Waals surface area contributed by atoms with Gasteiger partial charge < -0.3 is 5.32 Å². The smallest absolute Gasteiger partial charge is 0.127 e. The fourth-order valence-corrected chi connectivity index (χ4v) is 2.13. The molecule has 1 N–H and O–H groups in total. The first kappa shape index (κ1) is 14.1. The minimum Gasteiger partial charge on any atom is -0.315 e. The maximum absolute atomic E-state index is 13.5. The van der Waals surface area contributed by atoms with Crippen molar-refractivity contribution in [2.75, 3.05) is 14.1 Å². The van der Waals surface area contributed by atoms with E-state index in [1.165, 1.54) is 6.07 Å². The van der Waals surface area contributed by atoms with Gasteiger partial charge in [0.05, 0.1) is 0 Å². The number of nitrogens with one attached hydrogen (secondary N) is 1. The van der Waals surface area contributed by atoms with Crippen molar-refractivity contribution in [3.63, 3.8) is 0 Å². The summed E-state index contributed by atoms with van der Waals surface area (Å²) in [6.07, 6.45) is 1.07. The largest absolute Gasteiger partial charge is 0.315 e. The van der Waals surface area contributed by atoms with E-state index in [0.29, 0.717) is 18.6 Å². The third kappa shape index (κ3) is 3.79. The second-order valence-electron chi connectivity index (χ2n) is 4.55. The highest BCUT2D eigenvalue weighted by molar-refractivity contribution is 5.17. The highest BCUT2D eigenvalue weighted by Gasteiger charge is 2.18. The number of halogens is 1. The Morgan fingerprint density at radius 3 is 2.53 bits per heavy atom. The van der Waals surface area contributed by atoms with Gasteiger partial charge in [-0.15, -0.1) is 0 Å². The highest BCUT2D eigenvalue weighted by atomic mass is 19.1. The van der Waals surface area contributed by atoms with Crippen LogP contribution in [0.4, 0.5) is 4.39 Å². The Bertz CT molecular complexity index is 337. The maximum atomic E-state index is 13.5. The fraction of sp³-hybridized carbons (Fsp3) is 0.571. The Morgan fingerprint density at radius 2 is 2.00 bits per heavy atom. The van der Waals surface area contributed by atoms with Crippen LogP contribution in [0.2, 0.25) is 0 Å². The Hall–Kier alpha value is -0.930. The lowest BCUT2D eigenvalue weighted by molar-refractivity contribution is 0.198. The summed E-state index contributed by atoms with van der Waals surface area (Å²) in [5.41, 5.74) is 0.757. The first-order valence-corrected chi connectivity index (χ1v) is 6.21. The molecule has 0 fully saturated rings. The summed E-state index contributed by atoms with van der Waals surface area (Å²) >= 11 is 0. The Kier molecular flexibility index (Phi) is 5.59. The summed E-state index contributed by atoms with van der Waals surface area (Å²) in [6, 6.07) is 7.79. The fourth-order valence-electron chi connectivity index (χ4n) is 2.13. The van der Waals surface area contributed by atoms with Gasteiger partial charge in [0.25, 0.3) is 0 Å². The molecular weight excluding hydrogens is 215 g/mol. The number of likely N-dealkylation sites (N-methyl/N-ethyl adjacent to an activating group) is 2. The van der Waals surface area contributed by atoms with E-state index >= 15 is 0 Å². The van der Waals surface area contributed by atoms with Gasteiger partial charge in [-0.05, 0) is 33.5 Å². The van der Waals surface area contributed by atoms with Crippen LogP contribution in [0.1, 0.15) is 25.8 Å². The van der Waals surface area contributed by atoms with Crippen LogP contribution in [0.3, 0.4) is 0 Å². The van der Waals surface area contributed by atoms with E-state index in [1.807, 2.05) is 26.2 Å². The van der Waals surface area contributed by atoms with E-state index < -0.39 is 0 Å². The second kappa shape index (κ2) is 6.72. The van der Waals surface area contributed by atoms with Crippen LogP contribution in [0.25, 0.3) is 0 Å². The third-order valence-corrected chi connectivity index (χ3v) is 3.47. The van der Waals surface area contributed by atoms with Gasteiger partial charge in [0.2, 0.25) is 0 Å². The quantitative estimate of drug-likeness (QED) is 0.819. The molecule has 0 spiro atoms. The average molecular weight is 238 g/mol. The molecule has 0 saturated carbocycles. The molecule has 0 aliphatic carbocycles. The zero-order valence-electron chi connectivity index (χ0n) is 11.2. The van der Waals surface area contributed by atoms with Crippen molar-refractivity contribution in [3.05, 3.63) is 35.6 Å². The summed E-state index contributed by atoms with van der Waals surface area (Å²) in [5.74, 6) is -0.121. The van der Waals surface area contributed by atoms with Crippen LogP contribution >= 0.6 is 0 Å². The number of nitrogens with zero attached hydrogens (tertiary/aromatic N) is 1. The van der Waals surface area contributed by atoms with Crippen LogP contribution in [0.5, 0.6) is 0 Å². The molecule has 0 aromatic heterocycles. The van der Waals surface area contributed by atoms with Gasteiger partial charge in [-0.25, -0.2) is 4.39 Å². The first-order valence-electron chi connectivity index (χ1n) is 6.21. The summed E-state index contributed by atoms with van der Waals surface area (Å²) in [7, 11) is 4.01. The summed E-state index contributed by atoms with van der Waals surface area (Å²) < 4.78 is 13.5. The Labute approximate surface area is 104 Å². The SMILES string of the molecule is CCC(NC)C(C)N(C)Cc1ccccc1F. The average Bonchev–Trinajstić information content (AvgIpc) is 2.33. The molecule has 0 aliphatic heterocycles.